The van der Waals surface area contributed by atoms with Crippen molar-refractivity contribution in [3.63, 3.8) is 0 Å². The predicted octanol–water partition coefficient (Wildman–Crippen LogP) is 5.23. The van der Waals surface area contributed by atoms with Crippen molar-refractivity contribution in [2.24, 2.45) is 0 Å². The summed E-state index contributed by atoms with van der Waals surface area (Å²) in [5, 5.41) is 0. The van der Waals surface area contributed by atoms with Gasteiger partial charge in [0.2, 0.25) is 0 Å². The Morgan fingerprint density at radius 2 is 1.26 bits per heavy atom. The van der Waals surface area contributed by atoms with E-state index in [4.69, 9.17) is 0 Å². The number of nitrogens with zero attached hydrogens (tertiary/aromatic N) is 1. The van der Waals surface area contributed by atoms with Crippen molar-refractivity contribution in [2.45, 2.75) is 26.1 Å². The maximum Gasteiger partial charge on any atom is 0.196 e. The van der Waals surface area contributed by atoms with Crippen LogP contribution in [0, 0.1) is 0 Å². The molecule has 0 spiro atoms. The quantitative estimate of drug-likeness (QED) is 0.602. The summed E-state index contributed by atoms with van der Waals surface area (Å²) in [6.45, 7) is 0.956. The first-order chi connectivity index (χ1) is 11.3. The molecule has 0 aliphatic carbocycles. The molecule has 0 aromatic heterocycles. The van der Waals surface area contributed by atoms with Gasteiger partial charge in [-0.25, -0.2) is 0 Å². The molecule has 0 unspecified atom stereocenters. The van der Waals surface area contributed by atoms with Gasteiger partial charge in [0.05, 0.1) is 16.3 Å². The van der Waals surface area contributed by atoms with Crippen LogP contribution in [-0.2, 0) is 17.6 Å². The molecule has 1 heterocycles. The van der Waals surface area contributed by atoms with E-state index < -0.39 is 0 Å². The number of benzene rings is 3. The van der Waals surface area contributed by atoms with Gasteiger partial charge in [-0.05, 0) is 29.8 Å². The molecule has 114 valence electrons. The zero-order valence-electron chi connectivity index (χ0n) is 13.0. The molecular weight excluding hydrogens is 318 g/mol. The number of rotatable bonds is 3. The van der Waals surface area contributed by atoms with Crippen molar-refractivity contribution >= 4 is 22.8 Å². The highest BCUT2D eigenvalue weighted by Crippen LogP contribution is 2.46. The highest BCUT2D eigenvalue weighted by atomic mass is 32.2. The van der Waals surface area contributed by atoms with Crippen LogP contribution in [0.4, 0.5) is 0 Å². The molecule has 1 nitrogen and oxygen atoms in total. The van der Waals surface area contributed by atoms with E-state index >= 15 is 0 Å². The smallest absolute Gasteiger partial charge is 0.115 e. The summed E-state index contributed by atoms with van der Waals surface area (Å²) in [7, 11) is 2.24. The van der Waals surface area contributed by atoms with Gasteiger partial charge in [0, 0.05) is 7.05 Å². The van der Waals surface area contributed by atoms with Crippen molar-refractivity contribution in [1.82, 2.24) is 4.31 Å². The zero-order valence-corrected chi connectivity index (χ0v) is 14.6. The third-order valence-electron chi connectivity index (χ3n) is 3.89. The summed E-state index contributed by atoms with van der Waals surface area (Å²) in [5.74, 6) is 0. The average Bonchev–Trinajstić information content (AvgIpc) is 2.60. The van der Waals surface area contributed by atoms with Crippen LogP contribution in [0.2, 0.25) is 0 Å². The van der Waals surface area contributed by atoms with Gasteiger partial charge in [-0.1, -0.05) is 66.4 Å². The lowest BCUT2D eigenvalue weighted by Crippen LogP contribution is -2.29. The fourth-order valence-electron chi connectivity index (χ4n) is 2.87. The normalized spacial score (nSPS) is 13.7. The average molecular weight is 337 g/mol. The second-order valence-corrected chi connectivity index (χ2v) is 8.71. The Kier molecular flexibility index (Phi) is 4.17. The van der Waals surface area contributed by atoms with Gasteiger partial charge in [-0.15, -0.1) is 4.31 Å². The summed E-state index contributed by atoms with van der Waals surface area (Å²) in [4.78, 5) is 5.65. The van der Waals surface area contributed by atoms with Gasteiger partial charge >= 0.3 is 0 Å². The van der Waals surface area contributed by atoms with Gasteiger partial charge in [0.25, 0.3) is 0 Å². The summed E-state index contributed by atoms with van der Waals surface area (Å²) >= 11 is 1.86. The fourth-order valence-corrected chi connectivity index (χ4v) is 6.58. The molecule has 0 atom stereocenters. The van der Waals surface area contributed by atoms with Crippen LogP contribution in [0.3, 0.4) is 0 Å². The lowest BCUT2D eigenvalue weighted by atomic mass is 10.2. The van der Waals surface area contributed by atoms with Crippen LogP contribution in [0.5, 0.6) is 0 Å². The van der Waals surface area contributed by atoms with E-state index in [2.05, 4.69) is 90.2 Å². The second-order valence-electron chi connectivity index (χ2n) is 5.55. The van der Waals surface area contributed by atoms with Crippen molar-refractivity contribution in [3.05, 3.63) is 84.4 Å². The Hall–Kier alpha value is -1.68. The Morgan fingerprint density at radius 3 is 1.87 bits per heavy atom. The van der Waals surface area contributed by atoms with Crippen LogP contribution in [0.1, 0.15) is 5.56 Å². The van der Waals surface area contributed by atoms with Crippen LogP contribution in [0.25, 0.3) is 0 Å². The third-order valence-corrected chi connectivity index (χ3v) is 7.60. The zero-order chi connectivity index (χ0) is 15.6. The molecule has 23 heavy (non-hydrogen) atoms. The molecule has 3 heteroatoms. The summed E-state index contributed by atoms with van der Waals surface area (Å²) in [6, 6.07) is 28.4. The molecule has 0 bridgehead atoms. The minimum Gasteiger partial charge on any atom is -0.115 e. The lowest BCUT2D eigenvalue weighted by molar-refractivity contribution is 0.548. The highest BCUT2D eigenvalue weighted by molar-refractivity contribution is 8.03. The predicted molar refractivity (Wildman–Crippen MR) is 98.8 cm³/mol. The van der Waals surface area contributed by atoms with Crippen LogP contribution in [0.15, 0.2) is 98.4 Å². The van der Waals surface area contributed by atoms with E-state index in [-0.39, 0.29) is 11.1 Å². The van der Waals surface area contributed by atoms with Crippen molar-refractivity contribution < 1.29 is 0 Å². The molecule has 0 saturated heterocycles. The van der Waals surface area contributed by atoms with Gasteiger partial charge in [-0.2, -0.15) is 0 Å². The van der Waals surface area contributed by atoms with Gasteiger partial charge in [0.1, 0.15) is 0 Å². The molecule has 0 radical (unpaired) electrons. The molecule has 3 aromatic rings. The Balaban J connectivity index is 1.75. The summed E-state index contributed by atoms with van der Waals surface area (Å²) < 4.78 is 2.48. The maximum absolute atomic E-state index is 2.48. The van der Waals surface area contributed by atoms with E-state index in [1.165, 1.54) is 25.1 Å². The summed E-state index contributed by atoms with van der Waals surface area (Å²) in [5.41, 5.74) is 1.36. The van der Waals surface area contributed by atoms with Gasteiger partial charge < -0.3 is 0 Å². The Bertz CT molecular complexity index is 771. The molecule has 0 saturated carbocycles. The minimum atomic E-state index is -0.0273. The number of fused-ring (bicyclic) bond motifs is 2. The number of hydrogen-bond acceptors (Lipinski definition) is 2. The molecule has 1 aliphatic rings. The largest absolute Gasteiger partial charge is 0.196 e. The van der Waals surface area contributed by atoms with Gasteiger partial charge in [-0.3, -0.25) is 0 Å². The third kappa shape index (κ3) is 2.92. The number of hydrogen-bond donors (Lipinski definition) is 0. The Labute approximate surface area is 144 Å². The molecular formula is C20H18NS2+. The molecule has 4 rings (SSSR count). The topological polar surface area (TPSA) is 3.24 Å². The standard InChI is InChI=1S/C20H18NS2/c1-21(15-16-9-3-2-4-10-16)23-19-13-7-5-11-17(19)22-18-12-6-8-14-20(18)23/h2-14H,15H2,1H3/q+1. The molecule has 0 fully saturated rings. The van der Waals surface area contributed by atoms with Gasteiger partial charge in [0.15, 0.2) is 20.9 Å². The SMILES string of the molecule is CN(Cc1ccccc1)[S+]1c2ccccc2Sc2ccccc21. The van der Waals surface area contributed by atoms with Crippen LogP contribution >= 0.6 is 11.8 Å². The molecule has 3 aromatic carbocycles. The first-order valence-corrected chi connectivity index (χ1v) is 9.68. The van der Waals surface area contributed by atoms with Crippen molar-refractivity contribution in [3.8, 4) is 0 Å². The van der Waals surface area contributed by atoms with E-state index in [1.54, 1.807) is 0 Å². The lowest BCUT2D eigenvalue weighted by Gasteiger charge is -2.24. The van der Waals surface area contributed by atoms with E-state index in [9.17, 15) is 0 Å². The monoisotopic (exact) mass is 336 g/mol. The molecule has 1 aliphatic heterocycles. The van der Waals surface area contributed by atoms with Crippen LogP contribution in [-0.4, -0.2) is 11.4 Å². The first kappa shape index (κ1) is 14.9. The van der Waals surface area contributed by atoms with Crippen LogP contribution < -0.4 is 0 Å². The second kappa shape index (κ2) is 6.44. The minimum absolute atomic E-state index is 0.0273. The molecule has 0 N–H and O–H groups in total. The van der Waals surface area contributed by atoms with E-state index in [0.29, 0.717) is 0 Å². The molecule has 0 amide bonds. The first-order valence-electron chi connectivity index (χ1n) is 7.68. The fraction of sp³-hybridized carbons (Fsp3) is 0.100. The van der Waals surface area contributed by atoms with E-state index in [0.717, 1.165) is 6.54 Å². The summed E-state index contributed by atoms with van der Waals surface area (Å²) in [6.07, 6.45) is 0. The maximum atomic E-state index is 2.48. The van der Waals surface area contributed by atoms with Crippen molar-refractivity contribution in [2.75, 3.05) is 7.05 Å². The van der Waals surface area contributed by atoms with E-state index in [1.807, 2.05) is 11.8 Å². The Morgan fingerprint density at radius 1 is 0.739 bits per heavy atom. The van der Waals surface area contributed by atoms with Crippen molar-refractivity contribution in [1.29, 1.82) is 0 Å². The highest BCUT2D eigenvalue weighted by Gasteiger charge is 2.39.